The summed E-state index contributed by atoms with van der Waals surface area (Å²) in [7, 11) is 0. The lowest BCUT2D eigenvalue weighted by Gasteiger charge is -2.37. The number of imide groups is 1. The fraction of sp³-hybridized carbons (Fsp3) is 0.636. The first-order valence-corrected chi connectivity index (χ1v) is 5.51. The van der Waals surface area contributed by atoms with Crippen molar-refractivity contribution >= 4 is 11.8 Å². The van der Waals surface area contributed by atoms with Crippen molar-refractivity contribution < 1.29 is 9.59 Å². The second-order valence-corrected chi connectivity index (χ2v) is 5.20. The zero-order valence-corrected chi connectivity index (χ0v) is 8.17. The Balaban J connectivity index is 1.86. The van der Waals surface area contributed by atoms with Gasteiger partial charge in [-0.25, -0.2) is 10.9 Å². The standard InChI is InChI=1S/C11H12N2O2/c12-13-10(14)8-4-1-2-5(7-3-6(4)7)9(8)11(13)15/h1-2,4-9H,3,12H2/t4?,5?,6-,7-,8-,9+/m0/s1. The molecule has 0 aromatic rings. The fourth-order valence-corrected chi connectivity index (χ4v) is 3.98. The second-order valence-electron chi connectivity index (χ2n) is 5.20. The Hall–Kier alpha value is -1.16. The zero-order chi connectivity index (χ0) is 10.3. The van der Waals surface area contributed by atoms with E-state index >= 15 is 0 Å². The lowest BCUT2D eigenvalue weighted by molar-refractivity contribution is -0.140. The van der Waals surface area contributed by atoms with E-state index in [0.29, 0.717) is 11.8 Å². The Kier molecular flexibility index (Phi) is 1.16. The van der Waals surface area contributed by atoms with Crippen molar-refractivity contribution in [3.05, 3.63) is 12.2 Å². The van der Waals surface area contributed by atoms with E-state index in [9.17, 15) is 9.59 Å². The van der Waals surface area contributed by atoms with Crippen molar-refractivity contribution in [2.75, 3.05) is 0 Å². The largest absolute Gasteiger partial charge is 0.273 e. The quantitative estimate of drug-likeness (QED) is 0.260. The summed E-state index contributed by atoms with van der Waals surface area (Å²) in [5, 5.41) is 0.854. The molecule has 2 amide bonds. The molecular weight excluding hydrogens is 192 g/mol. The molecule has 3 fully saturated rings. The third kappa shape index (κ3) is 0.718. The molecule has 2 bridgehead atoms. The molecular formula is C11H12N2O2. The van der Waals surface area contributed by atoms with E-state index in [4.69, 9.17) is 5.84 Å². The molecule has 1 saturated heterocycles. The predicted molar refractivity (Wildman–Crippen MR) is 50.7 cm³/mol. The first-order valence-electron chi connectivity index (χ1n) is 5.51. The third-order valence-corrected chi connectivity index (χ3v) is 4.70. The van der Waals surface area contributed by atoms with Gasteiger partial charge in [0.15, 0.2) is 0 Å². The van der Waals surface area contributed by atoms with Gasteiger partial charge >= 0.3 is 0 Å². The molecule has 2 saturated carbocycles. The highest BCUT2D eigenvalue weighted by Gasteiger charge is 2.66. The van der Waals surface area contributed by atoms with Gasteiger partial charge < -0.3 is 0 Å². The summed E-state index contributed by atoms with van der Waals surface area (Å²) in [6.45, 7) is 0. The minimum absolute atomic E-state index is 0.138. The number of rotatable bonds is 0. The minimum atomic E-state index is -0.158. The molecule has 4 heteroatoms. The molecule has 1 aliphatic heterocycles. The molecule has 0 spiro atoms. The van der Waals surface area contributed by atoms with Crippen LogP contribution < -0.4 is 5.84 Å². The highest BCUT2D eigenvalue weighted by molar-refractivity contribution is 6.05. The van der Waals surface area contributed by atoms with Crippen LogP contribution in [0.15, 0.2) is 12.2 Å². The molecule has 15 heavy (non-hydrogen) atoms. The van der Waals surface area contributed by atoms with Gasteiger partial charge in [-0.2, -0.15) is 0 Å². The number of amides is 2. The molecule has 5 aliphatic rings. The van der Waals surface area contributed by atoms with Crippen molar-refractivity contribution in [2.45, 2.75) is 6.42 Å². The molecule has 1 heterocycles. The van der Waals surface area contributed by atoms with E-state index in [1.165, 1.54) is 6.42 Å². The van der Waals surface area contributed by atoms with Crippen molar-refractivity contribution in [1.29, 1.82) is 0 Å². The highest BCUT2D eigenvalue weighted by Crippen LogP contribution is 2.65. The molecule has 0 aromatic heterocycles. The number of hydrogen-bond donors (Lipinski definition) is 1. The fourth-order valence-electron chi connectivity index (χ4n) is 3.98. The number of hydrogen-bond acceptors (Lipinski definition) is 3. The molecule has 6 atom stereocenters. The number of carbonyl (C=O) groups is 2. The number of nitrogens with two attached hydrogens (primary N) is 1. The average molecular weight is 204 g/mol. The minimum Gasteiger partial charge on any atom is -0.273 e. The molecule has 5 rings (SSSR count). The van der Waals surface area contributed by atoms with Crippen LogP contribution in [0, 0.1) is 35.5 Å². The van der Waals surface area contributed by atoms with Crippen LogP contribution in [0.3, 0.4) is 0 Å². The molecule has 78 valence electrons. The third-order valence-electron chi connectivity index (χ3n) is 4.70. The van der Waals surface area contributed by atoms with Gasteiger partial charge in [-0.05, 0) is 30.1 Å². The Morgan fingerprint density at radius 1 is 1.07 bits per heavy atom. The van der Waals surface area contributed by atoms with Crippen LogP contribution in [0.4, 0.5) is 0 Å². The summed E-state index contributed by atoms with van der Waals surface area (Å²) >= 11 is 0. The molecule has 4 aliphatic carbocycles. The summed E-state index contributed by atoms with van der Waals surface area (Å²) in [6.07, 6.45) is 5.48. The predicted octanol–water partition coefficient (Wildman–Crippen LogP) is -0.0868. The highest BCUT2D eigenvalue weighted by atomic mass is 16.2. The lowest BCUT2D eigenvalue weighted by atomic mass is 9.63. The molecule has 0 radical (unpaired) electrons. The number of carbonyl (C=O) groups excluding carboxylic acids is 2. The van der Waals surface area contributed by atoms with Crippen LogP contribution in [-0.4, -0.2) is 16.8 Å². The van der Waals surface area contributed by atoms with E-state index in [-0.39, 0.29) is 35.5 Å². The Morgan fingerprint density at radius 2 is 1.53 bits per heavy atom. The SMILES string of the molecule is NN1C(=O)[C@@H]2C3C=CC([C@@H]4C[C@@H]34)[C@@H]2C1=O. The number of nitrogens with zero attached hydrogens (tertiary/aromatic N) is 1. The first-order chi connectivity index (χ1) is 7.20. The maximum atomic E-state index is 11.9. The van der Waals surface area contributed by atoms with Gasteiger partial charge in [-0.1, -0.05) is 12.2 Å². The smallest absolute Gasteiger partial charge is 0.248 e. The van der Waals surface area contributed by atoms with Crippen LogP contribution in [0.25, 0.3) is 0 Å². The molecule has 4 nitrogen and oxygen atoms in total. The second kappa shape index (κ2) is 2.16. The first kappa shape index (κ1) is 8.05. The van der Waals surface area contributed by atoms with Crippen molar-refractivity contribution in [2.24, 2.45) is 41.4 Å². The Labute approximate surface area is 87.1 Å². The van der Waals surface area contributed by atoms with Gasteiger partial charge in [0, 0.05) is 0 Å². The van der Waals surface area contributed by atoms with E-state index in [0.717, 1.165) is 5.01 Å². The van der Waals surface area contributed by atoms with Crippen LogP contribution in [0.5, 0.6) is 0 Å². The monoisotopic (exact) mass is 204 g/mol. The molecule has 2 N–H and O–H groups in total. The van der Waals surface area contributed by atoms with Crippen LogP contribution in [0.2, 0.25) is 0 Å². The van der Waals surface area contributed by atoms with E-state index in [1.54, 1.807) is 0 Å². The Morgan fingerprint density at radius 3 is 2.00 bits per heavy atom. The van der Waals surface area contributed by atoms with E-state index in [1.807, 2.05) is 0 Å². The van der Waals surface area contributed by atoms with Gasteiger partial charge in [-0.3, -0.25) is 9.59 Å². The normalized spacial score (nSPS) is 54.6. The van der Waals surface area contributed by atoms with Crippen molar-refractivity contribution in [3.8, 4) is 0 Å². The van der Waals surface area contributed by atoms with Gasteiger partial charge in [-0.15, -0.1) is 0 Å². The van der Waals surface area contributed by atoms with E-state index in [2.05, 4.69) is 12.2 Å². The number of hydrazine groups is 1. The average Bonchev–Trinajstić information content (AvgIpc) is 3.02. The molecule has 0 aromatic carbocycles. The summed E-state index contributed by atoms with van der Waals surface area (Å²) in [6, 6.07) is 0. The van der Waals surface area contributed by atoms with Gasteiger partial charge in [0.05, 0.1) is 11.8 Å². The van der Waals surface area contributed by atoms with Gasteiger partial charge in [0.1, 0.15) is 0 Å². The van der Waals surface area contributed by atoms with Crippen LogP contribution in [0.1, 0.15) is 6.42 Å². The van der Waals surface area contributed by atoms with Gasteiger partial charge in [0.2, 0.25) is 11.8 Å². The summed E-state index contributed by atoms with van der Waals surface area (Å²) in [5.74, 6) is 6.80. The summed E-state index contributed by atoms with van der Waals surface area (Å²) in [4.78, 5) is 23.7. The summed E-state index contributed by atoms with van der Waals surface area (Å²) < 4.78 is 0. The Bertz CT molecular complexity index is 381. The van der Waals surface area contributed by atoms with Gasteiger partial charge in [0.25, 0.3) is 0 Å². The number of allylic oxidation sites excluding steroid dienone is 2. The van der Waals surface area contributed by atoms with Crippen molar-refractivity contribution in [3.63, 3.8) is 0 Å². The topological polar surface area (TPSA) is 63.4 Å². The van der Waals surface area contributed by atoms with Crippen LogP contribution >= 0.6 is 0 Å². The molecule has 2 unspecified atom stereocenters. The van der Waals surface area contributed by atoms with Crippen LogP contribution in [-0.2, 0) is 9.59 Å². The maximum absolute atomic E-state index is 11.9. The van der Waals surface area contributed by atoms with Crippen molar-refractivity contribution in [1.82, 2.24) is 5.01 Å². The lowest BCUT2D eigenvalue weighted by Crippen LogP contribution is -2.40. The van der Waals surface area contributed by atoms with E-state index < -0.39 is 0 Å². The summed E-state index contributed by atoms with van der Waals surface area (Å²) in [5.41, 5.74) is 0. The maximum Gasteiger partial charge on any atom is 0.248 e. The zero-order valence-electron chi connectivity index (χ0n) is 8.17.